The van der Waals surface area contributed by atoms with Gasteiger partial charge in [0.1, 0.15) is 22.5 Å². The van der Waals surface area contributed by atoms with E-state index in [-0.39, 0.29) is 14.9 Å². The number of allylic oxidation sites excluding steroid dienone is 1. The molecule has 0 N–H and O–H groups in total. The lowest BCUT2D eigenvalue weighted by Gasteiger charge is -2.11. The van der Waals surface area contributed by atoms with Gasteiger partial charge in [0.25, 0.3) is 0 Å². The summed E-state index contributed by atoms with van der Waals surface area (Å²) in [6.45, 7) is 0. The monoisotopic (exact) mass is 397 g/mol. The minimum absolute atomic E-state index is 0.0301. The Morgan fingerprint density at radius 1 is 1.12 bits per heavy atom. The molecule has 0 saturated carbocycles. The van der Waals surface area contributed by atoms with Crippen LogP contribution < -0.4 is 9.47 Å². The van der Waals surface area contributed by atoms with Gasteiger partial charge in [-0.25, -0.2) is 8.42 Å². The van der Waals surface area contributed by atoms with E-state index in [0.29, 0.717) is 17.1 Å². The molecule has 0 radical (unpaired) electrons. The van der Waals surface area contributed by atoms with Crippen molar-refractivity contribution in [3.8, 4) is 17.6 Å². The molecule has 0 amide bonds. The van der Waals surface area contributed by atoms with Gasteiger partial charge in [0, 0.05) is 5.02 Å². The molecule has 0 aliphatic carbocycles. The number of methoxy groups -OCH3 is 2. The molecule has 0 aromatic heterocycles. The van der Waals surface area contributed by atoms with E-state index in [1.165, 1.54) is 38.5 Å². The van der Waals surface area contributed by atoms with Crippen LogP contribution in [0.3, 0.4) is 0 Å². The van der Waals surface area contributed by atoms with Gasteiger partial charge >= 0.3 is 0 Å². The van der Waals surface area contributed by atoms with Gasteiger partial charge in [0.2, 0.25) is 9.84 Å². The highest BCUT2D eigenvalue weighted by Gasteiger charge is 2.25. The van der Waals surface area contributed by atoms with Gasteiger partial charge in [-0.05, 0) is 36.4 Å². The molecule has 0 aliphatic heterocycles. The van der Waals surface area contributed by atoms with Crippen molar-refractivity contribution < 1.29 is 17.9 Å². The molecule has 8 heteroatoms. The number of ether oxygens (including phenoxy) is 2. The zero-order valence-corrected chi connectivity index (χ0v) is 15.6. The molecule has 0 atom stereocenters. The van der Waals surface area contributed by atoms with Crippen LogP contribution in [0.5, 0.6) is 11.5 Å². The Morgan fingerprint density at radius 2 is 1.72 bits per heavy atom. The van der Waals surface area contributed by atoms with E-state index in [1.807, 2.05) is 0 Å². The summed E-state index contributed by atoms with van der Waals surface area (Å²) in [7, 11) is -1.32. The lowest BCUT2D eigenvalue weighted by Crippen LogP contribution is -2.05. The fraction of sp³-hybridized carbons (Fsp3) is 0.118. The van der Waals surface area contributed by atoms with Crippen LogP contribution in [0.25, 0.3) is 6.08 Å². The van der Waals surface area contributed by atoms with E-state index in [9.17, 15) is 13.7 Å². The van der Waals surface area contributed by atoms with Gasteiger partial charge in [-0.2, -0.15) is 5.26 Å². The third-order valence-corrected chi connectivity index (χ3v) is 5.71. The van der Waals surface area contributed by atoms with Crippen molar-refractivity contribution in [2.24, 2.45) is 0 Å². The Morgan fingerprint density at radius 3 is 2.24 bits per heavy atom. The van der Waals surface area contributed by atoms with Crippen LogP contribution in [0.4, 0.5) is 0 Å². The van der Waals surface area contributed by atoms with E-state index >= 15 is 0 Å². The summed E-state index contributed by atoms with van der Waals surface area (Å²) in [6, 6.07) is 10.7. The fourth-order valence-corrected chi connectivity index (χ4v) is 4.02. The first kappa shape index (κ1) is 19.1. The second kappa shape index (κ2) is 7.79. The van der Waals surface area contributed by atoms with Crippen molar-refractivity contribution in [2.45, 2.75) is 4.90 Å². The third-order valence-electron chi connectivity index (χ3n) is 3.32. The lowest BCUT2D eigenvalue weighted by atomic mass is 10.1. The van der Waals surface area contributed by atoms with E-state index < -0.39 is 14.7 Å². The molecule has 2 aromatic carbocycles. The molecule has 2 rings (SSSR count). The second-order valence-corrected chi connectivity index (χ2v) is 7.50. The predicted molar refractivity (Wildman–Crippen MR) is 96.8 cm³/mol. The van der Waals surface area contributed by atoms with Crippen LogP contribution >= 0.6 is 23.2 Å². The van der Waals surface area contributed by atoms with Crippen LogP contribution in [-0.2, 0) is 9.84 Å². The van der Waals surface area contributed by atoms with Crippen molar-refractivity contribution in [1.82, 2.24) is 0 Å². The second-order valence-electron chi connectivity index (χ2n) is 4.77. The van der Waals surface area contributed by atoms with Gasteiger partial charge in [-0.15, -0.1) is 0 Å². The summed E-state index contributed by atoms with van der Waals surface area (Å²) in [6.07, 6.45) is 1.18. The van der Waals surface area contributed by atoms with Gasteiger partial charge < -0.3 is 9.47 Å². The highest BCUT2D eigenvalue weighted by molar-refractivity contribution is 7.95. The van der Waals surface area contributed by atoms with E-state index in [0.717, 1.165) is 0 Å². The van der Waals surface area contributed by atoms with Crippen LogP contribution in [0.15, 0.2) is 46.2 Å². The number of hydrogen-bond donors (Lipinski definition) is 0. The Bertz CT molecular complexity index is 956. The molecule has 25 heavy (non-hydrogen) atoms. The number of nitrogens with zero attached hydrogens (tertiary/aromatic N) is 1. The summed E-state index contributed by atoms with van der Waals surface area (Å²) in [5.74, 6) is 0.721. The maximum absolute atomic E-state index is 12.8. The van der Waals surface area contributed by atoms with Crippen molar-refractivity contribution in [3.63, 3.8) is 0 Å². The normalized spacial score (nSPS) is 11.7. The van der Waals surface area contributed by atoms with E-state index in [4.69, 9.17) is 32.7 Å². The number of rotatable bonds is 5. The SMILES string of the molecule is COc1cccc(OC)c1/C=C(\C#N)S(=O)(=O)c1cc(Cl)ccc1Cl. The number of halogens is 2. The van der Waals surface area contributed by atoms with Crippen LogP contribution in [-0.4, -0.2) is 22.6 Å². The standard InChI is InChI=1S/C17H13Cl2NO4S/c1-23-15-4-3-5-16(24-2)13(15)9-12(10-20)25(21,22)17-8-11(18)6-7-14(17)19/h3-9H,1-2H3/b12-9+. The Balaban J connectivity index is 2.70. The maximum atomic E-state index is 12.8. The molecule has 0 saturated heterocycles. The topological polar surface area (TPSA) is 76.4 Å². The molecule has 0 fully saturated rings. The van der Waals surface area contributed by atoms with Crippen molar-refractivity contribution in [3.05, 3.63) is 56.9 Å². The van der Waals surface area contributed by atoms with E-state index in [2.05, 4.69) is 0 Å². The maximum Gasteiger partial charge on any atom is 0.218 e. The van der Waals surface area contributed by atoms with Crippen LogP contribution in [0.2, 0.25) is 10.0 Å². The van der Waals surface area contributed by atoms with Crippen molar-refractivity contribution >= 4 is 39.1 Å². The van der Waals surface area contributed by atoms with Crippen molar-refractivity contribution in [2.75, 3.05) is 14.2 Å². The average molecular weight is 398 g/mol. The summed E-state index contributed by atoms with van der Waals surface area (Å²) in [4.78, 5) is -0.761. The number of sulfone groups is 1. The molecule has 0 unspecified atom stereocenters. The molecule has 5 nitrogen and oxygen atoms in total. The van der Waals surface area contributed by atoms with Gasteiger partial charge in [0.15, 0.2) is 0 Å². The zero-order chi connectivity index (χ0) is 18.6. The molecule has 130 valence electrons. The van der Waals surface area contributed by atoms with Crippen LogP contribution in [0, 0.1) is 11.3 Å². The quantitative estimate of drug-likeness (QED) is 0.700. The Labute approximate surface area is 155 Å². The highest BCUT2D eigenvalue weighted by atomic mass is 35.5. The highest BCUT2D eigenvalue weighted by Crippen LogP contribution is 2.34. The molecule has 0 spiro atoms. The zero-order valence-electron chi connectivity index (χ0n) is 13.3. The summed E-state index contributed by atoms with van der Waals surface area (Å²) < 4.78 is 36.1. The summed E-state index contributed by atoms with van der Waals surface area (Å²) in [5, 5.41) is 9.58. The first-order chi connectivity index (χ1) is 11.8. The lowest BCUT2D eigenvalue weighted by molar-refractivity contribution is 0.392. The number of hydrogen-bond acceptors (Lipinski definition) is 5. The largest absolute Gasteiger partial charge is 0.496 e. The predicted octanol–water partition coefficient (Wildman–Crippen LogP) is 4.35. The molecule has 2 aromatic rings. The molecule has 0 heterocycles. The van der Waals surface area contributed by atoms with Gasteiger partial charge in [0.05, 0.1) is 29.7 Å². The fourth-order valence-electron chi connectivity index (χ4n) is 2.12. The van der Waals surface area contributed by atoms with Crippen molar-refractivity contribution in [1.29, 1.82) is 5.26 Å². The Hall–Kier alpha value is -2.20. The first-order valence-corrected chi connectivity index (χ1v) is 9.12. The minimum Gasteiger partial charge on any atom is -0.496 e. The van der Waals surface area contributed by atoms with Gasteiger partial charge in [-0.1, -0.05) is 29.3 Å². The summed E-state index contributed by atoms with van der Waals surface area (Å²) in [5.41, 5.74) is 0.325. The smallest absolute Gasteiger partial charge is 0.218 e. The third kappa shape index (κ3) is 3.90. The van der Waals surface area contributed by atoms with Gasteiger partial charge in [-0.3, -0.25) is 0 Å². The molecular weight excluding hydrogens is 385 g/mol. The summed E-state index contributed by atoms with van der Waals surface area (Å²) >= 11 is 11.8. The number of benzene rings is 2. The first-order valence-electron chi connectivity index (χ1n) is 6.88. The Kier molecular flexibility index (Phi) is 5.96. The minimum atomic E-state index is -4.18. The molecule has 0 bridgehead atoms. The number of nitriles is 1. The van der Waals surface area contributed by atoms with E-state index in [1.54, 1.807) is 24.3 Å². The van der Waals surface area contributed by atoms with Crippen LogP contribution in [0.1, 0.15) is 5.56 Å². The molecule has 0 aliphatic rings. The average Bonchev–Trinajstić information content (AvgIpc) is 2.60. The molecular formula is C17H13Cl2NO4S.